The number of benzene rings is 1. The van der Waals surface area contributed by atoms with Gasteiger partial charge in [0.15, 0.2) is 5.58 Å². The normalized spacial score (nSPS) is 17.2. The van der Waals surface area contributed by atoms with E-state index in [0.717, 1.165) is 50.4 Å². The molecule has 2 heterocycles. The summed E-state index contributed by atoms with van der Waals surface area (Å²) in [5.74, 6) is 0. The molecule has 4 heteroatoms. The molecule has 0 saturated carbocycles. The first-order valence-electron chi connectivity index (χ1n) is 7.02. The second kappa shape index (κ2) is 5.31. The van der Waals surface area contributed by atoms with Crippen LogP contribution in [0, 0.1) is 13.8 Å². The van der Waals surface area contributed by atoms with Gasteiger partial charge in [-0.1, -0.05) is 11.2 Å². The Morgan fingerprint density at radius 1 is 1.26 bits per heavy atom. The first-order chi connectivity index (χ1) is 9.24. The molecule has 2 aromatic rings. The monoisotopic (exact) mass is 259 g/mol. The van der Waals surface area contributed by atoms with E-state index in [1.165, 1.54) is 16.5 Å². The Balaban J connectivity index is 1.77. The predicted octanol–water partition coefficient (Wildman–Crippen LogP) is 1.89. The third kappa shape index (κ3) is 2.65. The Morgan fingerprint density at radius 3 is 2.84 bits per heavy atom. The van der Waals surface area contributed by atoms with Crippen LogP contribution in [-0.2, 0) is 6.42 Å². The number of hydrogen-bond acceptors (Lipinski definition) is 4. The van der Waals surface area contributed by atoms with E-state index < -0.39 is 0 Å². The molecule has 0 amide bonds. The summed E-state index contributed by atoms with van der Waals surface area (Å²) in [5.41, 5.74) is 4.53. The molecule has 1 aliphatic rings. The van der Waals surface area contributed by atoms with Gasteiger partial charge < -0.3 is 14.7 Å². The van der Waals surface area contributed by atoms with Crippen LogP contribution in [0.2, 0.25) is 0 Å². The summed E-state index contributed by atoms with van der Waals surface area (Å²) in [4.78, 5) is 2.49. The fourth-order valence-corrected chi connectivity index (χ4v) is 2.89. The van der Waals surface area contributed by atoms with Gasteiger partial charge in [-0.05, 0) is 31.0 Å². The third-order valence-corrected chi connectivity index (χ3v) is 3.86. The third-order valence-electron chi connectivity index (χ3n) is 3.86. The van der Waals surface area contributed by atoms with E-state index in [4.69, 9.17) is 4.52 Å². The lowest BCUT2D eigenvalue weighted by atomic mass is 10.0. The van der Waals surface area contributed by atoms with Crippen molar-refractivity contribution in [1.29, 1.82) is 0 Å². The van der Waals surface area contributed by atoms with Gasteiger partial charge in [-0.3, -0.25) is 0 Å². The maximum atomic E-state index is 5.47. The van der Waals surface area contributed by atoms with Gasteiger partial charge in [0.2, 0.25) is 0 Å². The van der Waals surface area contributed by atoms with E-state index in [2.05, 4.69) is 41.4 Å². The minimum atomic E-state index is 0.924. The topological polar surface area (TPSA) is 41.3 Å². The van der Waals surface area contributed by atoms with Crippen molar-refractivity contribution in [1.82, 2.24) is 15.4 Å². The van der Waals surface area contributed by atoms with Crippen LogP contribution >= 0.6 is 0 Å². The van der Waals surface area contributed by atoms with Gasteiger partial charge in [0.25, 0.3) is 0 Å². The van der Waals surface area contributed by atoms with Crippen LogP contribution in [0.15, 0.2) is 16.7 Å². The number of nitrogens with one attached hydrogen (secondary N) is 1. The summed E-state index contributed by atoms with van der Waals surface area (Å²) >= 11 is 0. The zero-order valence-corrected chi connectivity index (χ0v) is 11.7. The molecule has 0 unspecified atom stereocenters. The molecule has 19 heavy (non-hydrogen) atoms. The molecule has 3 rings (SSSR count). The van der Waals surface area contributed by atoms with Crippen molar-refractivity contribution in [3.05, 3.63) is 29.0 Å². The highest BCUT2D eigenvalue weighted by Crippen LogP contribution is 2.24. The average molecular weight is 259 g/mol. The summed E-state index contributed by atoms with van der Waals surface area (Å²) in [7, 11) is 0. The second-order valence-electron chi connectivity index (χ2n) is 5.43. The summed E-state index contributed by atoms with van der Waals surface area (Å²) in [6.07, 6.45) is 0.969. The van der Waals surface area contributed by atoms with Crippen molar-refractivity contribution in [2.75, 3.05) is 32.7 Å². The van der Waals surface area contributed by atoms with Crippen LogP contribution in [0.4, 0.5) is 0 Å². The zero-order chi connectivity index (χ0) is 13.2. The molecule has 1 aliphatic heterocycles. The van der Waals surface area contributed by atoms with Gasteiger partial charge in [-0.15, -0.1) is 0 Å². The molecule has 0 spiro atoms. The average Bonchev–Trinajstić information content (AvgIpc) is 2.81. The van der Waals surface area contributed by atoms with Crippen LogP contribution in [-0.4, -0.2) is 42.8 Å². The Labute approximate surface area is 113 Å². The van der Waals surface area contributed by atoms with Crippen LogP contribution in [0.5, 0.6) is 0 Å². The maximum absolute atomic E-state index is 5.47. The lowest BCUT2D eigenvalue weighted by Crippen LogP contribution is -2.44. The Kier molecular flexibility index (Phi) is 3.53. The fourth-order valence-electron chi connectivity index (χ4n) is 2.89. The number of piperazine rings is 1. The molecular formula is C15H21N3O. The van der Waals surface area contributed by atoms with Crippen LogP contribution in [0.25, 0.3) is 11.0 Å². The molecule has 0 atom stereocenters. The molecule has 1 aromatic heterocycles. The number of hydrogen-bond donors (Lipinski definition) is 1. The predicted molar refractivity (Wildman–Crippen MR) is 76.5 cm³/mol. The summed E-state index contributed by atoms with van der Waals surface area (Å²) in [5, 5.41) is 8.85. The van der Waals surface area contributed by atoms with Gasteiger partial charge in [0.05, 0.1) is 5.69 Å². The molecule has 1 saturated heterocycles. The van der Waals surface area contributed by atoms with Gasteiger partial charge in [0, 0.05) is 44.5 Å². The molecule has 0 aliphatic carbocycles. The van der Waals surface area contributed by atoms with Gasteiger partial charge >= 0.3 is 0 Å². The standard InChI is InChI=1S/C15H21N3O/c1-11-9-12(2)15-13(17-19-14(15)10-11)3-6-18-7-4-16-5-8-18/h9-10,16H,3-8H2,1-2H3. The molecule has 0 bridgehead atoms. The Hall–Kier alpha value is -1.39. The number of aryl methyl sites for hydroxylation is 2. The Bertz CT molecular complexity index is 570. The smallest absolute Gasteiger partial charge is 0.167 e. The zero-order valence-electron chi connectivity index (χ0n) is 11.7. The lowest BCUT2D eigenvalue weighted by molar-refractivity contribution is 0.242. The van der Waals surface area contributed by atoms with Crippen LogP contribution < -0.4 is 5.32 Å². The second-order valence-corrected chi connectivity index (χ2v) is 5.43. The van der Waals surface area contributed by atoms with Crippen molar-refractivity contribution < 1.29 is 4.52 Å². The highest BCUT2D eigenvalue weighted by Gasteiger charge is 2.14. The van der Waals surface area contributed by atoms with Crippen LogP contribution in [0.3, 0.4) is 0 Å². The van der Waals surface area contributed by atoms with Crippen molar-refractivity contribution in [3.8, 4) is 0 Å². The lowest BCUT2D eigenvalue weighted by Gasteiger charge is -2.26. The van der Waals surface area contributed by atoms with E-state index in [-0.39, 0.29) is 0 Å². The largest absolute Gasteiger partial charge is 0.356 e. The number of fused-ring (bicyclic) bond motifs is 1. The number of aromatic nitrogens is 1. The number of rotatable bonds is 3. The van der Waals surface area contributed by atoms with Gasteiger partial charge in [0.1, 0.15) is 0 Å². The first-order valence-corrected chi connectivity index (χ1v) is 7.02. The van der Waals surface area contributed by atoms with Crippen molar-refractivity contribution in [2.45, 2.75) is 20.3 Å². The van der Waals surface area contributed by atoms with E-state index in [0.29, 0.717) is 0 Å². The van der Waals surface area contributed by atoms with Gasteiger partial charge in [-0.2, -0.15) is 0 Å². The summed E-state index contributed by atoms with van der Waals surface area (Å²) in [6.45, 7) is 9.75. The first kappa shape index (κ1) is 12.6. The Morgan fingerprint density at radius 2 is 2.05 bits per heavy atom. The minimum absolute atomic E-state index is 0.924. The van der Waals surface area contributed by atoms with E-state index in [9.17, 15) is 0 Å². The van der Waals surface area contributed by atoms with E-state index in [1.54, 1.807) is 0 Å². The molecule has 4 nitrogen and oxygen atoms in total. The van der Waals surface area contributed by atoms with Gasteiger partial charge in [-0.25, -0.2) is 0 Å². The SMILES string of the molecule is Cc1cc(C)c2c(CCN3CCNCC3)noc2c1. The maximum Gasteiger partial charge on any atom is 0.167 e. The molecular weight excluding hydrogens is 238 g/mol. The number of nitrogens with zero attached hydrogens (tertiary/aromatic N) is 2. The van der Waals surface area contributed by atoms with E-state index in [1.807, 2.05) is 0 Å². The fraction of sp³-hybridized carbons (Fsp3) is 0.533. The quantitative estimate of drug-likeness (QED) is 0.914. The molecule has 0 radical (unpaired) electrons. The molecule has 1 fully saturated rings. The van der Waals surface area contributed by atoms with Crippen molar-refractivity contribution in [3.63, 3.8) is 0 Å². The highest BCUT2D eigenvalue weighted by atomic mass is 16.5. The van der Waals surface area contributed by atoms with Crippen LogP contribution in [0.1, 0.15) is 16.8 Å². The molecule has 1 N–H and O–H groups in total. The molecule has 1 aromatic carbocycles. The summed E-state index contributed by atoms with van der Waals surface area (Å²) < 4.78 is 5.47. The van der Waals surface area contributed by atoms with E-state index >= 15 is 0 Å². The molecule has 102 valence electrons. The minimum Gasteiger partial charge on any atom is -0.356 e. The summed E-state index contributed by atoms with van der Waals surface area (Å²) in [6, 6.07) is 4.28. The highest BCUT2D eigenvalue weighted by molar-refractivity contribution is 5.83. The van der Waals surface area contributed by atoms with Crippen molar-refractivity contribution >= 4 is 11.0 Å². The van der Waals surface area contributed by atoms with Crippen molar-refractivity contribution in [2.24, 2.45) is 0 Å².